The minimum absolute atomic E-state index is 0.234. The van der Waals surface area contributed by atoms with Crippen LogP contribution in [0.4, 0.5) is 5.69 Å². The van der Waals surface area contributed by atoms with E-state index in [1.807, 2.05) is 32.0 Å². The van der Waals surface area contributed by atoms with Gasteiger partial charge >= 0.3 is 0 Å². The van der Waals surface area contributed by atoms with Gasteiger partial charge in [-0.2, -0.15) is 5.10 Å². The van der Waals surface area contributed by atoms with E-state index in [9.17, 15) is 9.59 Å². The van der Waals surface area contributed by atoms with Gasteiger partial charge in [0.2, 0.25) is 11.8 Å². The van der Waals surface area contributed by atoms with E-state index in [0.717, 1.165) is 11.4 Å². The van der Waals surface area contributed by atoms with E-state index >= 15 is 0 Å². The average molecular weight is 315 g/mol. The van der Waals surface area contributed by atoms with Crippen LogP contribution in [0.1, 0.15) is 39.4 Å². The smallest absolute Gasteiger partial charge is 0.246 e. The van der Waals surface area contributed by atoms with E-state index in [0.29, 0.717) is 11.5 Å². The lowest BCUT2D eigenvalue weighted by Gasteiger charge is -2.14. The number of para-hydroxylation sites is 1. The number of nitrogens with one attached hydrogen (secondary N) is 3. The lowest BCUT2D eigenvalue weighted by atomic mass is 10.1. The molecule has 1 atom stereocenters. The highest BCUT2D eigenvalue weighted by Gasteiger charge is 2.17. The average Bonchev–Trinajstić information content (AvgIpc) is 2.97. The maximum Gasteiger partial charge on any atom is 0.246 e. The molecule has 0 saturated carbocycles. The highest BCUT2D eigenvalue weighted by molar-refractivity contribution is 5.99. The van der Waals surface area contributed by atoms with E-state index in [1.54, 1.807) is 13.0 Å². The summed E-state index contributed by atoms with van der Waals surface area (Å²) in [6.45, 7) is 7.04. The van der Waals surface area contributed by atoms with Crippen LogP contribution >= 0.6 is 0 Å². The summed E-state index contributed by atoms with van der Waals surface area (Å²) >= 11 is 0. The quantitative estimate of drug-likeness (QED) is 0.786. The molecule has 2 aromatic rings. The topological polar surface area (TPSA) is 99.8 Å². The van der Waals surface area contributed by atoms with E-state index < -0.39 is 6.04 Å². The monoisotopic (exact) mass is 315 g/mol. The number of hydrogen-bond acceptors (Lipinski definition) is 4. The fourth-order valence-corrected chi connectivity index (χ4v) is 2.05. The van der Waals surface area contributed by atoms with Gasteiger partial charge in [-0.05, 0) is 19.1 Å². The number of aromatic amines is 1. The molecule has 122 valence electrons. The highest BCUT2D eigenvalue weighted by atomic mass is 16.2. The molecule has 0 saturated heterocycles. The molecular formula is C16H21N5O2. The van der Waals surface area contributed by atoms with Crippen molar-refractivity contribution in [2.45, 2.75) is 39.7 Å². The summed E-state index contributed by atoms with van der Waals surface area (Å²) in [5, 5.41) is 12.5. The van der Waals surface area contributed by atoms with Crippen LogP contribution in [0.15, 0.2) is 24.3 Å². The van der Waals surface area contributed by atoms with Crippen LogP contribution in [0.2, 0.25) is 0 Å². The number of aromatic nitrogens is 3. The van der Waals surface area contributed by atoms with Crippen molar-refractivity contribution in [1.29, 1.82) is 0 Å². The number of H-pyrrole nitrogens is 1. The van der Waals surface area contributed by atoms with Crippen molar-refractivity contribution < 1.29 is 9.59 Å². The zero-order valence-electron chi connectivity index (χ0n) is 13.7. The molecule has 0 aliphatic carbocycles. The number of carbonyl (C=O) groups excluding carboxylic acids is 2. The molecule has 0 aliphatic rings. The Hall–Kier alpha value is -2.70. The number of amides is 2. The van der Waals surface area contributed by atoms with E-state index in [-0.39, 0.29) is 17.7 Å². The fraction of sp³-hybridized carbons (Fsp3) is 0.375. The first kappa shape index (κ1) is 16.7. The fourth-order valence-electron chi connectivity index (χ4n) is 2.05. The summed E-state index contributed by atoms with van der Waals surface area (Å²) in [7, 11) is 0. The number of rotatable bonds is 5. The van der Waals surface area contributed by atoms with Gasteiger partial charge in [-0.25, -0.2) is 4.98 Å². The molecule has 0 aliphatic heterocycles. The molecule has 1 aromatic heterocycles. The van der Waals surface area contributed by atoms with Gasteiger partial charge < -0.3 is 10.6 Å². The standard InChI is InChI=1S/C16H21N5O2/c1-9(2)14-19-15(21-20-14)12-7-5-6-8-13(12)18-16(23)10(3)17-11(4)22/h5-10H,1-4H3,(H,17,22)(H,18,23)(H,19,20,21)/t10-/m0/s1. The molecule has 7 heteroatoms. The number of carbonyl (C=O) groups is 2. The van der Waals surface area contributed by atoms with E-state index in [4.69, 9.17) is 0 Å². The third-order valence-corrected chi connectivity index (χ3v) is 3.29. The Labute approximate surface area is 134 Å². The predicted molar refractivity (Wildman–Crippen MR) is 87.8 cm³/mol. The van der Waals surface area contributed by atoms with Crippen LogP contribution in [-0.2, 0) is 9.59 Å². The summed E-state index contributed by atoms with van der Waals surface area (Å²) in [6.07, 6.45) is 0. The molecular weight excluding hydrogens is 294 g/mol. The summed E-state index contributed by atoms with van der Waals surface area (Å²) in [5.74, 6) is 0.992. The molecule has 1 heterocycles. The second kappa shape index (κ2) is 7.04. The summed E-state index contributed by atoms with van der Waals surface area (Å²) in [5.41, 5.74) is 1.32. The van der Waals surface area contributed by atoms with Crippen molar-refractivity contribution in [2.75, 3.05) is 5.32 Å². The number of nitrogens with zero attached hydrogens (tertiary/aromatic N) is 2. The number of anilines is 1. The molecule has 0 spiro atoms. The second-order valence-corrected chi connectivity index (χ2v) is 5.66. The molecule has 0 radical (unpaired) electrons. The first-order valence-corrected chi connectivity index (χ1v) is 7.48. The van der Waals surface area contributed by atoms with Crippen molar-refractivity contribution in [3.05, 3.63) is 30.1 Å². The van der Waals surface area contributed by atoms with Gasteiger partial charge in [0.15, 0.2) is 5.82 Å². The van der Waals surface area contributed by atoms with Crippen LogP contribution in [0.5, 0.6) is 0 Å². The predicted octanol–water partition coefficient (Wildman–Crippen LogP) is 2.06. The van der Waals surface area contributed by atoms with Gasteiger partial charge in [0.05, 0.1) is 5.69 Å². The minimum Gasteiger partial charge on any atom is -0.345 e. The Bertz CT molecular complexity index is 708. The van der Waals surface area contributed by atoms with Crippen LogP contribution < -0.4 is 10.6 Å². The second-order valence-electron chi connectivity index (χ2n) is 5.66. The van der Waals surface area contributed by atoms with Crippen molar-refractivity contribution in [3.8, 4) is 11.4 Å². The maximum atomic E-state index is 12.2. The van der Waals surface area contributed by atoms with Crippen molar-refractivity contribution >= 4 is 17.5 Å². The Morgan fingerprint density at radius 1 is 1.17 bits per heavy atom. The molecule has 0 unspecified atom stereocenters. The first-order chi connectivity index (χ1) is 10.9. The Balaban J connectivity index is 2.23. The molecule has 0 fully saturated rings. The summed E-state index contributed by atoms with van der Waals surface area (Å²) in [4.78, 5) is 27.7. The SMILES string of the molecule is CC(=O)N[C@@H](C)C(=O)Nc1ccccc1-c1n[nH]c(C(C)C)n1. The Morgan fingerprint density at radius 2 is 1.87 bits per heavy atom. The van der Waals surface area contributed by atoms with Crippen molar-refractivity contribution in [1.82, 2.24) is 20.5 Å². The van der Waals surface area contributed by atoms with Crippen LogP contribution in [0.25, 0.3) is 11.4 Å². The lowest BCUT2D eigenvalue weighted by molar-refractivity contribution is -0.124. The van der Waals surface area contributed by atoms with Crippen LogP contribution in [0.3, 0.4) is 0 Å². The maximum absolute atomic E-state index is 12.2. The molecule has 2 amide bonds. The molecule has 2 rings (SSSR count). The van der Waals surface area contributed by atoms with Gasteiger partial charge in [-0.1, -0.05) is 26.0 Å². The zero-order chi connectivity index (χ0) is 17.0. The van der Waals surface area contributed by atoms with Gasteiger partial charge in [0, 0.05) is 18.4 Å². The Morgan fingerprint density at radius 3 is 2.48 bits per heavy atom. The van der Waals surface area contributed by atoms with Gasteiger partial charge in [0.1, 0.15) is 11.9 Å². The summed E-state index contributed by atoms with van der Waals surface area (Å²) in [6, 6.07) is 6.66. The highest BCUT2D eigenvalue weighted by Crippen LogP contribution is 2.25. The van der Waals surface area contributed by atoms with Gasteiger partial charge in [0.25, 0.3) is 0 Å². The zero-order valence-corrected chi connectivity index (χ0v) is 13.7. The minimum atomic E-state index is -0.626. The molecule has 23 heavy (non-hydrogen) atoms. The lowest BCUT2D eigenvalue weighted by Crippen LogP contribution is -2.40. The number of hydrogen-bond donors (Lipinski definition) is 3. The van der Waals surface area contributed by atoms with Crippen LogP contribution in [0, 0.1) is 0 Å². The largest absolute Gasteiger partial charge is 0.345 e. The molecule has 1 aromatic carbocycles. The van der Waals surface area contributed by atoms with Crippen molar-refractivity contribution in [3.63, 3.8) is 0 Å². The van der Waals surface area contributed by atoms with Crippen molar-refractivity contribution in [2.24, 2.45) is 0 Å². The molecule has 3 N–H and O–H groups in total. The van der Waals surface area contributed by atoms with Crippen LogP contribution in [-0.4, -0.2) is 33.0 Å². The molecule has 7 nitrogen and oxygen atoms in total. The third-order valence-electron chi connectivity index (χ3n) is 3.29. The first-order valence-electron chi connectivity index (χ1n) is 7.48. The van der Waals surface area contributed by atoms with E-state index in [2.05, 4.69) is 25.8 Å². The van der Waals surface area contributed by atoms with Gasteiger partial charge in [-0.15, -0.1) is 0 Å². The van der Waals surface area contributed by atoms with Gasteiger partial charge in [-0.3, -0.25) is 14.7 Å². The third kappa shape index (κ3) is 4.15. The summed E-state index contributed by atoms with van der Waals surface area (Å²) < 4.78 is 0. The van der Waals surface area contributed by atoms with E-state index in [1.165, 1.54) is 6.92 Å². The molecule has 0 bridgehead atoms. The Kier molecular flexibility index (Phi) is 5.10. The number of benzene rings is 1. The normalized spacial score (nSPS) is 12.0.